The third-order valence-electron chi connectivity index (χ3n) is 5.28. The lowest BCUT2D eigenvalue weighted by atomic mass is 9.86. The summed E-state index contributed by atoms with van der Waals surface area (Å²) in [6.45, 7) is 0. The summed E-state index contributed by atoms with van der Waals surface area (Å²) in [5, 5.41) is 2.73. The van der Waals surface area contributed by atoms with Crippen molar-refractivity contribution in [3.05, 3.63) is 59.2 Å². The maximum atomic E-state index is 12.9. The van der Waals surface area contributed by atoms with E-state index in [1.54, 1.807) is 36.4 Å². The van der Waals surface area contributed by atoms with Crippen molar-refractivity contribution in [1.82, 2.24) is 4.31 Å². The van der Waals surface area contributed by atoms with Crippen molar-refractivity contribution >= 4 is 27.5 Å². The van der Waals surface area contributed by atoms with Crippen LogP contribution in [0, 0.1) is 0 Å². The van der Waals surface area contributed by atoms with Crippen LogP contribution in [0.1, 0.15) is 35.4 Å². The molecule has 1 unspecified atom stereocenters. The number of fused-ring (bicyclic) bond motifs is 2. The van der Waals surface area contributed by atoms with Gasteiger partial charge in [0.2, 0.25) is 5.91 Å². The van der Waals surface area contributed by atoms with Crippen molar-refractivity contribution in [3.63, 3.8) is 0 Å². The van der Waals surface area contributed by atoms with E-state index in [1.807, 2.05) is 6.07 Å². The normalized spacial score (nSPS) is 20.6. The van der Waals surface area contributed by atoms with Gasteiger partial charge in [0.05, 0.1) is 4.90 Å². The molecule has 2 aromatic rings. The number of likely N-dealkylation sites (N-methyl/N-ethyl adjacent to an activating group) is 1. The van der Waals surface area contributed by atoms with Gasteiger partial charge in [-0.1, -0.05) is 24.3 Å². The number of nitrogens with zero attached hydrogens (tertiary/aromatic N) is 1. The minimum atomic E-state index is -3.94. The van der Waals surface area contributed by atoms with Gasteiger partial charge in [0.15, 0.2) is 0 Å². The summed E-state index contributed by atoms with van der Waals surface area (Å²) in [6, 6.07) is 12.2. The molecule has 4 rings (SSSR count). The van der Waals surface area contributed by atoms with Gasteiger partial charge in [-0.2, -0.15) is 0 Å². The van der Waals surface area contributed by atoms with Crippen molar-refractivity contribution in [2.75, 3.05) is 12.4 Å². The van der Waals surface area contributed by atoms with Gasteiger partial charge in [-0.15, -0.1) is 0 Å². The summed E-state index contributed by atoms with van der Waals surface area (Å²) in [7, 11) is -2.73. The van der Waals surface area contributed by atoms with Crippen LogP contribution in [0.4, 0.5) is 5.69 Å². The van der Waals surface area contributed by atoms with E-state index in [-0.39, 0.29) is 10.5 Å². The summed E-state index contributed by atoms with van der Waals surface area (Å²) in [5.74, 6) is -2.43. The van der Waals surface area contributed by atoms with Gasteiger partial charge < -0.3 is 5.32 Å². The fraction of sp³-hybridized carbons (Fsp3) is 0.300. The number of carbonyl (C=O) groups excluding carboxylic acids is 2. The number of nitrogens with one attached hydrogen (secondary N) is 1. The largest absolute Gasteiger partial charge is 0.325 e. The highest BCUT2D eigenvalue weighted by Gasteiger charge is 2.45. The van der Waals surface area contributed by atoms with E-state index in [0.29, 0.717) is 9.99 Å². The van der Waals surface area contributed by atoms with Crippen LogP contribution in [-0.4, -0.2) is 31.6 Å². The van der Waals surface area contributed by atoms with Crippen LogP contribution in [0.2, 0.25) is 0 Å². The van der Waals surface area contributed by atoms with Crippen LogP contribution in [0.3, 0.4) is 0 Å². The number of benzene rings is 2. The molecule has 1 atom stereocenters. The van der Waals surface area contributed by atoms with Crippen molar-refractivity contribution in [3.8, 4) is 0 Å². The van der Waals surface area contributed by atoms with Gasteiger partial charge in [0.1, 0.15) is 5.92 Å². The minimum Gasteiger partial charge on any atom is -0.325 e. The fourth-order valence-corrected chi connectivity index (χ4v) is 5.20. The Morgan fingerprint density at radius 3 is 2.37 bits per heavy atom. The Labute approximate surface area is 158 Å². The Kier molecular flexibility index (Phi) is 4.26. The number of para-hydroxylation sites is 1. The van der Waals surface area contributed by atoms with Crippen LogP contribution in [-0.2, 0) is 32.5 Å². The van der Waals surface area contributed by atoms with Gasteiger partial charge in [-0.3, -0.25) is 9.59 Å². The molecule has 0 bridgehead atoms. The standard InChI is InChI=1S/C20H20N2O4S/c1-22-20(24)18(19(23)21-15-9-3-2-4-10-15)16-11-13-7-5-6-8-14(13)12-17(16)27(22,25)26/h2-4,9-12,18H,5-8H2,1H3,(H,21,23). The van der Waals surface area contributed by atoms with Crippen molar-refractivity contribution < 1.29 is 18.0 Å². The predicted octanol–water partition coefficient (Wildman–Crippen LogP) is 2.45. The lowest BCUT2D eigenvalue weighted by molar-refractivity contribution is -0.132. The molecule has 2 aliphatic rings. The average Bonchev–Trinajstić information content (AvgIpc) is 2.66. The zero-order valence-corrected chi connectivity index (χ0v) is 15.8. The monoisotopic (exact) mass is 384 g/mol. The average molecular weight is 384 g/mol. The molecule has 0 saturated heterocycles. The van der Waals surface area contributed by atoms with Gasteiger partial charge in [-0.25, -0.2) is 12.7 Å². The number of hydrogen-bond donors (Lipinski definition) is 1. The van der Waals surface area contributed by atoms with Gasteiger partial charge in [0, 0.05) is 12.7 Å². The highest BCUT2D eigenvalue weighted by atomic mass is 32.2. The molecule has 1 aliphatic heterocycles. The first-order valence-corrected chi connectivity index (χ1v) is 10.4. The topological polar surface area (TPSA) is 83.6 Å². The molecule has 1 heterocycles. The zero-order chi connectivity index (χ0) is 19.2. The first kappa shape index (κ1) is 17.7. The SMILES string of the molecule is CN1C(=O)C(C(=O)Nc2ccccc2)c2cc3c(cc2S1(=O)=O)CCCC3. The van der Waals surface area contributed by atoms with E-state index in [4.69, 9.17) is 0 Å². The zero-order valence-electron chi connectivity index (χ0n) is 14.9. The lowest BCUT2D eigenvalue weighted by Gasteiger charge is -2.32. The molecule has 27 heavy (non-hydrogen) atoms. The molecule has 7 heteroatoms. The third-order valence-corrected chi connectivity index (χ3v) is 7.09. The molecule has 2 aromatic carbocycles. The minimum absolute atomic E-state index is 0.0680. The van der Waals surface area contributed by atoms with Crippen molar-refractivity contribution in [1.29, 1.82) is 0 Å². The number of sulfonamides is 1. The first-order chi connectivity index (χ1) is 12.9. The maximum absolute atomic E-state index is 12.9. The molecular weight excluding hydrogens is 364 g/mol. The van der Waals surface area contributed by atoms with Crippen molar-refractivity contribution in [2.45, 2.75) is 36.5 Å². The van der Waals surface area contributed by atoms with E-state index in [9.17, 15) is 18.0 Å². The molecule has 0 radical (unpaired) electrons. The smallest absolute Gasteiger partial charge is 0.266 e. The summed E-state index contributed by atoms with van der Waals surface area (Å²) >= 11 is 0. The molecule has 6 nitrogen and oxygen atoms in total. The van der Waals surface area contributed by atoms with E-state index < -0.39 is 27.8 Å². The second-order valence-electron chi connectivity index (χ2n) is 6.96. The second-order valence-corrected chi connectivity index (χ2v) is 8.90. The van der Waals surface area contributed by atoms with E-state index in [0.717, 1.165) is 36.8 Å². The van der Waals surface area contributed by atoms with Crippen molar-refractivity contribution in [2.24, 2.45) is 0 Å². The number of amides is 2. The molecule has 1 N–H and O–H groups in total. The molecule has 0 saturated carbocycles. The van der Waals surface area contributed by atoms with Crippen LogP contribution in [0.25, 0.3) is 0 Å². The Hall–Kier alpha value is -2.67. The Morgan fingerprint density at radius 1 is 1.07 bits per heavy atom. The van der Waals surface area contributed by atoms with E-state index in [1.165, 1.54) is 7.05 Å². The number of rotatable bonds is 2. The number of hydrogen-bond acceptors (Lipinski definition) is 4. The van der Waals surface area contributed by atoms with Crippen LogP contribution in [0.5, 0.6) is 0 Å². The Morgan fingerprint density at radius 2 is 1.70 bits per heavy atom. The molecule has 1 aliphatic carbocycles. The molecule has 0 fully saturated rings. The molecule has 0 aromatic heterocycles. The first-order valence-electron chi connectivity index (χ1n) is 8.94. The van der Waals surface area contributed by atoms with Crippen LogP contribution in [0.15, 0.2) is 47.4 Å². The summed E-state index contributed by atoms with van der Waals surface area (Å²) in [4.78, 5) is 25.8. The van der Waals surface area contributed by atoms with Crippen LogP contribution < -0.4 is 5.32 Å². The third kappa shape index (κ3) is 2.92. The quantitative estimate of drug-likeness (QED) is 0.806. The summed E-state index contributed by atoms with van der Waals surface area (Å²) in [5.41, 5.74) is 2.87. The number of carbonyl (C=O) groups is 2. The summed E-state index contributed by atoms with van der Waals surface area (Å²) in [6.07, 6.45) is 3.68. The maximum Gasteiger partial charge on any atom is 0.266 e. The van der Waals surface area contributed by atoms with Gasteiger partial charge in [0.25, 0.3) is 15.9 Å². The Bertz CT molecular complexity index is 1030. The van der Waals surface area contributed by atoms with Gasteiger partial charge in [-0.05, 0) is 60.6 Å². The Balaban J connectivity index is 1.83. The summed E-state index contributed by atoms with van der Waals surface area (Å²) < 4.78 is 26.3. The lowest BCUT2D eigenvalue weighted by Crippen LogP contribution is -2.46. The number of anilines is 1. The van der Waals surface area contributed by atoms with E-state index in [2.05, 4.69) is 5.32 Å². The van der Waals surface area contributed by atoms with Gasteiger partial charge >= 0.3 is 0 Å². The molecular formula is C20H20N2O4S. The molecule has 140 valence electrons. The number of aryl methyl sites for hydroxylation is 2. The van der Waals surface area contributed by atoms with Crippen LogP contribution >= 0.6 is 0 Å². The van der Waals surface area contributed by atoms with E-state index >= 15 is 0 Å². The highest BCUT2D eigenvalue weighted by Crippen LogP contribution is 2.38. The molecule has 0 spiro atoms. The highest BCUT2D eigenvalue weighted by molar-refractivity contribution is 7.89. The molecule has 2 amide bonds. The second kappa shape index (κ2) is 6.49. The predicted molar refractivity (Wildman–Crippen MR) is 101 cm³/mol. The fourth-order valence-electron chi connectivity index (χ4n) is 3.80.